The number of carbonyl (C=O) groups is 3. The molecule has 0 bridgehead atoms. The molecule has 1 heterocycles. The second kappa shape index (κ2) is 10.2. The summed E-state index contributed by atoms with van der Waals surface area (Å²) in [6.07, 6.45) is 1.07. The molecule has 1 saturated heterocycles. The van der Waals surface area contributed by atoms with E-state index in [1.54, 1.807) is 41.5 Å². The Morgan fingerprint density at radius 3 is 2.14 bits per heavy atom. The first-order chi connectivity index (χ1) is 16.2. The number of halogens is 1. The lowest BCUT2D eigenvalue weighted by Gasteiger charge is -2.24. The normalized spacial score (nSPS) is 18.0. The van der Waals surface area contributed by atoms with Crippen LogP contribution in [0.3, 0.4) is 0 Å². The van der Waals surface area contributed by atoms with Crippen LogP contribution in [0.1, 0.15) is 71.2 Å². The van der Waals surface area contributed by atoms with Gasteiger partial charge in [-0.3, -0.25) is 10.2 Å². The van der Waals surface area contributed by atoms with Gasteiger partial charge in [0, 0.05) is 19.1 Å². The van der Waals surface area contributed by atoms with Crippen LogP contribution in [-0.4, -0.2) is 54.5 Å². The molecule has 1 aromatic rings. The van der Waals surface area contributed by atoms with Gasteiger partial charge in [-0.05, 0) is 72.9 Å². The van der Waals surface area contributed by atoms with E-state index in [0.717, 1.165) is 12.8 Å². The van der Waals surface area contributed by atoms with E-state index < -0.39 is 35.1 Å². The summed E-state index contributed by atoms with van der Waals surface area (Å²) in [5.74, 6) is -1.23. The van der Waals surface area contributed by atoms with Gasteiger partial charge in [0.2, 0.25) is 0 Å². The number of benzene rings is 1. The zero-order valence-electron chi connectivity index (χ0n) is 21.2. The molecule has 0 radical (unpaired) electrons. The molecule has 3 rings (SSSR count). The SMILES string of the molecule is CC(C)(C)OC(=O)NNC(=O)c1ccc(N2CCC(NC(=O)OC(C)(C)C)C2)c(F)c1NC1CC1. The van der Waals surface area contributed by atoms with Crippen LogP contribution in [0.2, 0.25) is 0 Å². The topological polar surface area (TPSA) is 121 Å². The van der Waals surface area contributed by atoms with Crippen molar-refractivity contribution >= 4 is 29.5 Å². The zero-order valence-corrected chi connectivity index (χ0v) is 21.2. The summed E-state index contributed by atoms with van der Waals surface area (Å²) in [5.41, 5.74) is 3.61. The van der Waals surface area contributed by atoms with Crippen molar-refractivity contribution in [3.8, 4) is 0 Å². The van der Waals surface area contributed by atoms with Crippen molar-refractivity contribution in [3.63, 3.8) is 0 Å². The van der Waals surface area contributed by atoms with Gasteiger partial charge in [-0.1, -0.05) is 0 Å². The van der Waals surface area contributed by atoms with Gasteiger partial charge in [0.05, 0.1) is 23.0 Å². The predicted octanol–water partition coefficient (Wildman–Crippen LogP) is 3.67. The fourth-order valence-electron chi connectivity index (χ4n) is 3.62. The Bertz CT molecular complexity index is 968. The van der Waals surface area contributed by atoms with E-state index in [-0.39, 0.29) is 23.3 Å². The molecule has 2 aliphatic rings. The number of ether oxygens (including phenoxy) is 2. The van der Waals surface area contributed by atoms with Crippen molar-refractivity contribution in [2.45, 2.75) is 84.1 Å². The Hall–Kier alpha value is -3.24. The fraction of sp³-hybridized carbons (Fsp3) is 0.625. The number of hydrogen-bond donors (Lipinski definition) is 4. The van der Waals surface area contributed by atoms with Gasteiger partial charge < -0.3 is 25.0 Å². The van der Waals surface area contributed by atoms with E-state index in [0.29, 0.717) is 25.2 Å². The number of hydrogen-bond acceptors (Lipinski definition) is 7. The number of nitrogens with one attached hydrogen (secondary N) is 4. The zero-order chi connectivity index (χ0) is 26.0. The van der Waals surface area contributed by atoms with Crippen molar-refractivity contribution < 1.29 is 28.2 Å². The number of anilines is 2. The van der Waals surface area contributed by atoms with Crippen LogP contribution >= 0.6 is 0 Å². The van der Waals surface area contributed by atoms with E-state index in [2.05, 4.69) is 21.5 Å². The number of carbonyl (C=O) groups excluding carboxylic acids is 3. The molecule has 1 aromatic carbocycles. The molecule has 2 fully saturated rings. The molecule has 1 aliphatic carbocycles. The minimum Gasteiger partial charge on any atom is -0.444 e. The van der Waals surface area contributed by atoms with Gasteiger partial charge >= 0.3 is 12.2 Å². The minimum absolute atomic E-state index is 0.0665. The Kier molecular flexibility index (Phi) is 7.66. The highest BCUT2D eigenvalue weighted by Gasteiger charge is 2.31. The molecule has 10 nitrogen and oxygen atoms in total. The molecule has 0 aromatic heterocycles. The minimum atomic E-state index is -0.819. The van der Waals surface area contributed by atoms with Crippen molar-refractivity contribution in [1.82, 2.24) is 16.2 Å². The molecule has 11 heteroatoms. The number of rotatable bonds is 5. The van der Waals surface area contributed by atoms with Gasteiger partial charge in [0.1, 0.15) is 11.2 Å². The smallest absolute Gasteiger partial charge is 0.426 e. The number of alkyl carbamates (subject to hydrolysis) is 1. The Morgan fingerprint density at radius 2 is 1.54 bits per heavy atom. The number of hydrazine groups is 1. The van der Waals surface area contributed by atoms with Crippen LogP contribution in [0.15, 0.2) is 12.1 Å². The van der Waals surface area contributed by atoms with Crippen LogP contribution in [-0.2, 0) is 9.47 Å². The molecular formula is C24H36FN5O5. The van der Waals surface area contributed by atoms with Crippen LogP contribution in [0.5, 0.6) is 0 Å². The average Bonchev–Trinajstić information content (AvgIpc) is 3.41. The van der Waals surface area contributed by atoms with E-state index in [9.17, 15) is 14.4 Å². The molecule has 1 saturated carbocycles. The van der Waals surface area contributed by atoms with Crippen LogP contribution in [0.25, 0.3) is 0 Å². The summed E-state index contributed by atoms with van der Waals surface area (Å²) in [6, 6.07) is 2.95. The van der Waals surface area contributed by atoms with Gasteiger partial charge in [0.25, 0.3) is 5.91 Å². The highest BCUT2D eigenvalue weighted by molar-refractivity contribution is 6.01. The number of amides is 3. The van der Waals surface area contributed by atoms with E-state index in [1.165, 1.54) is 12.1 Å². The summed E-state index contributed by atoms with van der Waals surface area (Å²) in [4.78, 5) is 38.5. The summed E-state index contributed by atoms with van der Waals surface area (Å²) in [5, 5.41) is 5.92. The monoisotopic (exact) mass is 493 g/mol. The molecule has 1 aliphatic heterocycles. The maximum atomic E-state index is 15.7. The van der Waals surface area contributed by atoms with Gasteiger partial charge in [-0.25, -0.2) is 19.4 Å². The first kappa shape index (κ1) is 26.4. The predicted molar refractivity (Wildman–Crippen MR) is 130 cm³/mol. The van der Waals surface area contributed by atoms with Crippen LogP contribution in [0, 0.1) is 5.82 Å². The highest BCUT2D eigenvalue weighted by atomic mass is 19.1. The lowest BCUT2D eigenvalue weighted by Crippen LogP contribution is -2.44. The maximum absolute atomic E-state index is 15.7. The molecule has 1 unspecified atom stereocenters. The maximum Gasteiger partial charge on any atom is 0.426 e. The van der Waals surface area contributed by atoms with Crippen molar-refractivity contribution in [3.05, 3.63) is 23.5 Å². The first-order valence-corrected chi connectivity index (χ1v) is 11.8. The quantitative estimate of drug-likeness (QED) is 0.462. The lowest BCUT2D eigenvalue weighted by molar-refractivity contribution is 0.0480. The second-order valence-corrected chi connectivity index (χ2v) is 10.9. The molecule has 35 heavy (non-hydrogen) atoms. The number of nitrogens with zero attached hydrogens (tertiary/aromatic N) is 1. The van der Waals surface area contributed by atoms with Gasteiger partial charge in [0.15, 0.2) is 5.82 Å². The first-order valence-electron chi connectivity index (χ1n) is 11.8. The van der Waals surface area contributed by atoms with Crippen molar-refractivity contribution in [2.24, 2.45) is 0 Å². The van der Waals surface area contributed by atoms with Crippen molar-refractivity contribution in [1.29, 1.82) is 0 Å². The Morgan fingerprint density at radius 1 is 0.914 bits per heavy atom. The lowest BCUT2D eigenvalue weighted by atomic mass is 10.1. The third kappa shape index (κ3) is 7.90. The summed E-state index contributed by atoms with van der Waals surface area (Å²) in [7, 11) is 0. The van der Waals surface area contributed by atoms with Crippen LogP contribution < -0.4 is 26.4 Å². The van der Waals surface area contributed by atoms with Crippen LogP contribution in [0.4, 0.5) is 25.4 Å². The van der Waals surface area contributed by atoms with E-state index in [1.807, 2.05) is 4.90 Å². The Labute approximate surface area is 205 Å². The molecule has 4 N–H and O–H groups in total. The third-order valence-corrected chi connectivity index (χ3v) is 5.22. The third-order valence-electron chi connectivity index (χ3n) is 5.22. The standard InChI is InChI=1S/C24H36FN5O5/c1-23(2,3)34-21(32)27-15-11-12-30(13-15)17-10-9-16(19(18(17)25)26-14-7-8-14)20(31)28-29-22(33)35-24(4,5)6/h9-10,14-15,26H,7-8,11-13H2,1-6H3,(H,27,32)(H,28,31)(H,29,33). The fourth-order valence-corrected chi connectivity index (χ4v) is 3.62. The van der Waals surface area contributed by atoms with E-state index >= 15 is 4.39 Å². The van der Waals surface area contributed by atoms with E-state index in [4.69, 9.17) is 9.47 Å². The second-order valence-electron chi connectivity index (χ2n) is 10.9. The molecule has 194 valence electrons. The highest BCUT2D eigenvalue weighted by Crippen LogP contribution is 2.35. The summed E-state index contributed by atoms with van der Waals surface area (Å²) >= 11 is 0. The van der Waals surface area contributed by atoms with Gasteiger partial charge in [-0.2, -0.15) is 0 Å². The van der Waals surface area contributed by atoms with Crippen molar-refractivity contribution in [2.75, 3.05) is 23.3 Å². The summed E-state index contributed by atoms with van der Waals surface area (Å²) < 4.78 is 26.1. The molecule has 3 amide bonds. The summed E-state index contributed by atoms with van der Waals surface area (Å²) in [6.45, 7) is 11.4. The van der Waals surface area contributed by atoms with Gasteiger partial charge in [-0.15, -0.1) is 0 Å². The average molecular weight is 494 g/mol. The molecule has 0 spiro atoms. The molecular weight excluding hydrogens is 457 g/mol. The largest absolute Gasteiger partial charge is 0.444 e. The Balaban J connectivity index is 1.70. The molecule has 1 atom stereocenters.